The zero-order chi connectivity index (χ0) is 12.1. The first-order chi connectivity index (χ1) is 8.27. The van der Waals surface area contributed by atoms with Crippen LogP contribution in [0.2, 0.25) is 0 Å². The average Bonchev–Trinajstić information content (AvgIpc) is 2.36. The van der Waals surface area contributed by atoms with E-state index in [1.165, 1.54) is 5.56 Å². The second-order valence-electron chi connectivity index (χ2n) is 4.36. The van der Waals surface area contributed by atoms with Crippen LogP contribution in [-0.4, -0.2) is 36.9 Å². The van der Waals surface area contributed by atoms with Gasteiger partial charge in [0.05, 0.1) is 12.2 Å². The predicted octanol–water partition coefficient (Wildman–Crippen LogP) is 1.14. The smallest absolute Gasteiger partial charge is 0.0576 e. The van der Waals surface area contributed by atoms with Gasteiger partial charge in [-0.1, -0.05) is 0 Å². The van der Waals surface area contributed by atoms with Crippen molar-refractivity contribution >= 4 is 5.71 Å². The van der Waals surface area contributed by atoms with Gasteiger partial charge in [-0.05, 0) is 31.5 Å². The molecule has 0 radical (unpaired) electrons. The Kier molecular flexibility index (Phi) is 4.23. The molecule has 0 spiro atoms. The van der Waals surface area contributed by atoms with E-state index in [-0.39, 0.29) is 6.04 Å². The van der Waals surface area contributed by atoms with Crippen LogP contribution < -0.4 is 10.6 Å². The van der Waals surface area contributed by atoms with Crippen LogP contribution in [0, 0.1) is 0 Å². The SMILES string of the molecule is CC1=NCCNCCNC(C)c2cc1ccn2. The molecule has 2 N–H and O–H groups in total. The maximum Gasteiger partial charge on any atom is 0.0576 e. The lowest BCUT2D eigenvalue weighted by molar-refractivity contribution is 0.538. The molecule has 0 fully saturated rings. The van der Waals surface area contributed by atoms with Crippen molar-refractivity contribution in [1.82, 2.24) is 15.6 Å². The molecule has 0 saturated carbocycles. The second kappa shape index (κ2) is 5.89. The first-order valence-corrected chi connectivity index (χ1v) is 6.19. The van der Waals surface area contributed by atoms with Crippen molar-refractivity contribution in [2.45, 2.75) is 19.9 Å². The quantitative estimate of drug-likeness (QED) is 0.705. The molecule has 0 saturated heterocycles. The molecule has 1 aromatic heterocycles. The highest BCUT2D eigenvalue weighted by atomic mass is 15.0. The lowest BCUT2D eigenvalue weighted by Gasteiger charge is -2.15. The van der Waals surface area contributed by atoms with Gasteiger partial charge >= 0.3 is 0 Å². The van der Waals surface area contributed by atoms with Crippen molar-refractivity contribution in [1.29, 1.82) is 0 Å². The minimum absolute atomic E-state index is 0.281. The van der Waals surface area contributed by atoms with Crippen LogP contribution in [0.5, 0.6) is 0 Å². The van der Waals surface area contributed by atoms with Crippen LogP contribution in [-0.2, 0) is 0 Å². The van der Waals surface area contributed by atoms with Gasteiger partial charge in [-0.3, -0.25) is 9.98 Å². The lowest BCUT2D eigenvalue weighted by Crippen LogP contribution is -2.31. The Morgan fingerprint density at radius 1 is 1.29 bits per heavy atom. The van der Waals surface area contributed by atoms with Gasteiger partial charge in [0, 0.05) is 37.6 Å². The molecule has 17 heavy (non-hydrogen) atoms. The van der Waals surface area contributed by atoms with E-state index in [0.717, 1.165) is 37.6 Å². The van der Waals surface area contributed by atoms with Gasteiger partial charge < -0.3 is 10.6 Å². The van der Waals surface area contributed by atoms with E-state index in [0.29, 0.717) is 0 Å². The maximum absolute atomic E-state index is 4.56. The molecule has 92 valence electrons. The summed E-state index contributed by atoms with van der Waals surface area (Å²) < 4.78 is 0. The minimum atomic E-state index is 0.281. The Bertz CT molecular complexity index is 400. The van der Waals surface area contributed by atoms with Gasteiger partial charge in [0.15, 0.2) is 0 Å². The second-order valence-corrected chi connectivity index (χ2v) is 4.36. The number of fused-ring (bicyclic) bond motifs is 2. The third-order valence-corrected chi connectivity index (χ3v) is 3.03. The van der Waals surface area contributed by atoms with Gasteiger partial charge in [0.25, 0.3) is 0 Å². The molecule has 1 unspecified atom stereocenters. The molecule has 2 heterocycles. The van der Waals surface area contributed by atoms with Crippen molar-refractivity contribution < 1.29 is 0 Å². The van der Waals surface area contributed by atoms with Crippen molar-refractivity contribution in [2.24, 2.45) is 4.99 Å². The van der Waals surface area contributed by atoms with Gasteiger partial charge in [0.1, 0.15) is 0 Å². The molecule has 1 atom stereocenters. The summed E-state index contributed by atoms with van der Waals surface area (Å²) in [6.45, 7) is 7.89. The fourth-order valence-electron chi connectivity index (χ4n) is 1.91. The lowest BCUT2D eigenvalue weighted by atomic mass is 10.1. The average molecular weight is 232 g/mol. The van der Waals surface area contributed by atoms with Crippen molar-refractivity contribution in [3.8, 4) is 0 Å². The molecule has 4 nitrogen and oxygen atoms in total. The Hall–Kier alpha value is -1.26. The van der Waals surface area contributed by atoms with E-state index in [2.05, 4.69) is 40.5 Å². The van der Waals surface area contributed by atoms with E-state index in [1.54, 1.807) is 0 Å². The van der Waals surface area contributed by atoms with Crippen LogP contribution in [0.4, 0.5) is 0 Å². The molecule has 1 aliphatic rings. The molecule has 1 aliphatic heterocycles. The van der Waals surface area contributed by atoms with E-state index in [9.17, 15) is 0 Å². The van der Waals surface area contributed by atoms with Gasteiger partial charge in [0.2, 0.25) is 0 Å². The number of hydrogen-bond donors (Lipinski definition) is 2. The molecule has 2 rings (SSSR count). The third kappa shape index (κ3) is 3.35. The van der Waals surface area contributed by atoms with Crippen LogP contribution in [0.25, 0.3) is 0 Å². The largest absolute Gasteiger partial charge is 0.314 e. The molecule has 0 aliphatic carbocycles. The number of pyridine rings is 1. The molecular weight excluding hydrogens is 212 g/mol. The number of hydrogen-bond acceptors (Lipinski definition) is 4. The van der Waals surface area contributed by atoms with E-state index in [4.69, 9.17) is 0 Å². The standard InChI is InChI=1S/C13H20N4/c1-10-12-3-4-17-13(9-12)11(2)16-8-6-14-5-7-15-10/h3-4,9,11,14,16H,5-8H2,1-2H3. The Morgan fingerprint density at radius 2 is 2.18 bits per heavy atom. The summed E-state index contributed by atoms with van der Waals surface area (Å²) in [5.74, 6) is 0. The van der Waals surface area contributed by atoms with Crippen molar-refractivity contribution in [3.05, 3.63) is 29.6 Å². The highest BCUT2D eigenvalue weighted by molar-refractivity contribution is 5.98. The van der Waals surface area contributed by atoms with E-state index in [1.807, 2.05) is 12.3 Å². The van der Waals surface area contributed by atoms with Crippen molar-refractivity contribution in [3.63, 3.8) is 0 Å². The van der Waals surface area contributed by atoms with Crippen LogP contribution in [0.15, 0.2) is 23.3 Å². The summed E-state index contributed by atoms with van der Waals surface area (Å²) in [5.41, 5.74) is 3.34. The first-order valence-electron chi connectivity index (χ1n) is 6.19. The molecule has 4 heteroatoms. The third-order valence-electron chi connectivity index (χ3n) is 3.03. The molecule has 2 bridgehead atoms. The summed E-state index contributed by atoms with van der Waals surface area (Å²) in [6.07, 6.45) is 1.87. The Morgan fingerprint density at radius 3 is 3.06 bits per heavy atom. The van der Waals surface area contributed by atoms with Crippen LogP contribution >= 0.6 is 0 Å². The summed E-state index contributed by atoms with van der Waals surface area (Å²) in [7, 11) is 0. The summed E-state index contributed by atoms with van der Waals surface area (Å²) >= 11 is 0. The zero-order valence-electron chi connectivity index (χ0n) is 10.5. The number of aliphatic imine (C=N–C) groups is 1. The fraction of sp³-hybridized carbons (Fsp3) is 0.538. The number of nitrogens with one attached hydrogen (secondary N) is 2. The Balaban J connectivity index is 2.27. The maximum atomic E-state index is 4.56. The summed E-state index contributed by atoms with van der Waals surface area (Å²) in [6, 6.07) is 4.43. The highest BCUT2D eigenvalue weighted by Gasteiger charge is 2.08. The number of rotatable bonds is 0. The highest BCUT2D eigenvalue weighted by Crippen LogP contribution is 2.11. The normalized spacial score (nSPS) is 22.2. The topological polar surface area (TPSA) is 49.3 Å². The predicted molar refractivity (Wildman–Crippen MR) is 70.6 cm³/mol. The molecule has 0 amide bonds. The number of aromatic nitrogens is 1. The number of nitrogens with zero attached hydrogens (tertiary/aromatic N) is 2. The van der Waals surface area contributed by atoms with Crippen LogP contribution in [0.3, 0.4) is 0 Å². The monoisotopic (exact) mass is 232 g/mol. The minimum Gasteiger partial charge on any atom is -0.314 e. The molecule has 0 aromatic carbocycles. The van der Waals surface area contributed by atoms with E-state index >= 15 is 0 Å². The van der Waals surface area contributed by atoms with Crippen molar-refractivity contribution in [2.75, 3.05) is 26.2 Å². The van der Waals surface area contributed by atoms with E-state index < -0.39 is 0 Å². The first kappa shape index (κ1) is 12.2. The Labute approximate surface area is 103 Å². The summed E-state index contributed by atoms with van der Waals surface area (Å²) in [5, 5.41) is 6.82. The molecule has 1 aromatic rings. The summed E-state index contributed by atoms with van der Waals surface area (Å²) in [4.78, 5) is 8.98. The van der Waals surface area contributed by atoms with Gasteiger partial charge in [-0.15, -0.1) is 0 Å². The van der Waals surface area contributed by atoms with Gasteiger partial charge in [-0.25, -0.2) is 0 Å². The van der Waals surface area contributed by atoms with Crippen LogP contribution in [0.1, 0.15) is 31.1 Å². The molecular formula is C13H20N4. The van der Waals surface area contributed by atoms with Gasteiger partial charge in [-0.2, -0.15) is 0 Å². The zero-order valence-corrected chi connectivity index (χ0v) is 10.5. The fourth-order valence-corrected chi connectivity index (χ4v) is 1.91.